The van der Waals surface area contributed by atoms with Gasteiger partial charge in [-0.3, -0.25) is 14.7 Å². The van der Waals surface area contributed by atoms with E-state index in [2.05, 4.69) is 24.4 Å². The number of carbonyl (C=O) groups is 1. The molecule has 4 rings (SSSR count). The van der Waals surface area contributed by atoms with Crippen LogP contribution in [0.2, 0.25) is 0 Å². The summed E-state index contributed by atoms with van der Waals surface area (Å²) in [7, 11) is 2.01. The molecule has 8 nitrogen and oxygen atoms in total. The smallest absolute Gasteiger partial charge is 0.274 e. The molecule has 0 aromatic carbocycles. The van der Waals surface area contributed by atoms with Crippen LogP contribution in [0.3, 0.4) is 0 Å². The van der Waals surface area contributed by atoms with Crippen molar-refractivity contribution in [3.63, 3.8) is 0 Å². The molecule has 0 radical (unpaired) electrons. The Balaban J connectivity index is 1.60. The predicted octanol–water partition coefficient (Wildman–Crippen LogP) is 0.418. The summed E-state index contributed by atoms with van der Waals surface area (Å²) in [6.07, 6.45) is 5.84. The van der Waals surface area contributed by atoms with E-state index in [1.54, 1.807) is 12.4 Å². The van der Waals surface area contributed by atoms with Crippen LogP contribution >= 0.6 is 0 Å². The standard InChI is InChI=1S/C18H24N6O2/c1-13-8-20-15(9-19-13)18(25)24-11-16-17(22(2)12-21-16)7-14(24)10-23-3-5-26-6-4-23/h8-9,12,14H,3-7,10-11H2,1-2H3. The number of nitrogens with zero attached hydrogens (tertiary/aromatic N) is 6. The minimum absolute atomic E-state index is 0.0768. The van der Waals surface area contributed by atoms with Gasteiger partial charge in [0.2, 0.25) is 0 Å². The summed E-state index contributed by atoms with van der Waals surface area (Å²) in [6, 6.07) is 0.0894. The molecule has 0 bridgehead atoms. The highest BCUT2D eigenvalue weighted by atomic mass is 16.5. The van der Waals surface area contributed by atoms with Crippen molar-refractivity contribution in [1.29, 1.82) is 0 Å². The van der Waals surface area contributed by atoms with Gasteiger partial charge in [-0.05, 0) is 6.92 Å². The van der Waals surface area contributed by atoms with Crippen LogP contribution in [-0.2, 0) is 24.8 Å². The second-order valence-electron chi connectivity index (χ2n) is 7.00. The van der Waals surface area contributed by atoms with Crippen molar-refractivity contribution in [3.8, 4) is 0 Å². The summed E-state index contributed by atoms with van der Waals surface area (Å²) < 4.78 is 7.52. The van der Waals surface area contributed by atoms with Gasteiger partial charge in [0.15, 0.2) is 0 Å². The Hall–Kier alpha value is -2.32. The highest BCUT2D eigenvalue weighted by Gasteiger charge is 2.34. The van der Waals surface area contributed by atoms with Gasteiger partial charge in [0.25, 0.3) is 5.91 Å². The predicted molar refractivity (Wildman–Crippen MR) is 94.6 cm³/mol. The topological polar surface area (TPSA) is 76.4 Å². The molecule has 8 heteroatoms. The number of imidazole rings is 1. The number of morpholine rings is 1. The molecule has 2 aliphatic heterocycles. The van der Waals surface area contributed by atoms with Crippen molar-refractivity contribution in [1.82, 2.24) is 29.3 Å². The quantitative estimate of drug-likeness (QED) is 0.793. The fourth-order valence-corrected chi connectivity index (χ4v) is 3.65. The van der Waals surface area contributed by atoms with Gasteiger partial charge < -0.3 is 14.2 Å². The van der Waals surface area contributed by atoms with Gasteiger partial charge in [-0.1, -0.05) is 0 Å². The van der Waals surface area contributed by atoms with Gasteiger partial charge in [-0.25, -0.2) is 9.97 Å². The fourth-order valence-electron chi connectivity index (χ4n) is 3.65. The van der Waals surface area contributed by atoms with Crippen molar-refractivity contribution in [2.24, 2.45) is 7.05 Å². The summed E-state index contributed by atoms with van der Waals surface area (Å²) in [4.78, 5) is 30.4. The van der Waals surface area contributed by atoms with Crippen molar-refractivity contribution < 1.29 is 9.53 Å². The van der Waals surface area contributed by atoms with E-state index in [9.17, 15) is 4.79 Å². The van der Waals surface area contributed by atoms with Crippen molar-refractivity contribution in [3.05, 3.63) is 41.5 Å². The third-order valence-electron chi connectivity index (χ3n) is 5.17. The molecule has 0 N–H and O–H groups in total. The SMILES string of the molecule is Cc1cnc(C(=O)N2Cc3ncn(C)c3CC2CN2CCOCC2)cn1. The molecule has 1 unspecified atom stereocenters. The molecule has 1 fully saturated rings. The first-order valence-corrected chi connectivity index (χ1v) is 9.00. The molecule has 1 amide bonds. The lowest BCUT2D eigenvalue weighted by atomic mass is 10.0. The van der Waals surface area contributed by atoms with Gasteiger partial charge in [-0.15, -0.1) is 0 Å². The Morgan fingerprint density at radius 2 is 2.04 bits per heavy atom. The van der Waals surface area contributed by atoms with E-state index in [1.165, 1.54) is 5.69 Å². The third-order valence-corrected chi connectivity index (χ3v) is 5.17. The lowest BCUT2D eigenvalue weighted by Gasteiger charge is -2.39. The maximum absolute atomic E-state index is 13.1. The van der Waals surface area contributed by atoms with Crippen LogP contribution in [0.5, 0.6) is 0 Å². The number of carbonyl (C=O) groups excluding carboxylic acids is 1. The van der Waals surface area contributed by atoms with Gasteiger partial charge in [-0.2, -0.15) is 0 Å². The second kappa shape index (κ2) is 7.13. The second-order valence-corrected chi connectivity index (χ2v) is 7.00. The Morgan fingerprint density at radius 1 is 1.23 bits per heavy atom. The normalized spacial score (nSPS) is 20.8. The zero-order chi connectivity index (χ0) is 18.1. The van der Waals surface area contributed by atoms with E-state index in [4.69, 9.17) is 4.74 Å². The summed E-state index contributed by atoms with van der Waals surface area (Å²) >= 11 is 0. The highest BCUT2D eigenvalue weighted by Crippen LogP contribution is 2.24. The molecule has 2 aromatic heterocycles. The molecule has 0 saturated carbocycles. The van der Waals surface area contributed by atoms with Crippen LogP contribution in [0.25, 0.3) is 0 Å². The Morgan fingerprint density at radius 3 is 2.77 bits per heavy atom. The molecule has 138 valence electrons. The van der Waals surface area contributed by atoms with Crippen LogP contribution in [0.15, 0.2) is 18.7 Å². The number of rotatable bonds is 3. The summed E-state index contributed by atoms with van der Waals surface area (Å²) in [6.45, 7) is 6.52. The lowest BCUT2D eigenvalue weighted by Crippen LogP contribution is -2.52. The molecule has 1 saturated heterocycles. The van der Waals surface area contributed by atoms with Crippen LogP contribution in [0.1, 0.15) is 27.6 Å². The molecule has 2 aromatic rings. The molecule has 2 aliphatic rings. The molecular formula is C18H24N6O2. The average molecular weight is 356 g/mol. The van der Waals surface area contributed by atoms with E-state index in [0.29, 0.717) is 12.2 Å². The fraction of sp³-hybridized carbons (Fsp3) is 0.556. The van der Waals surface area contributed by atoms with Gasteiger partial charge in [0, 0.05) is 45.0 Å². The van der Waals surface area contributed by atoms with Crippen LogP contribution < -0.4 is 0 Å². The Bertz CT molecular complexity index is 781. The summed E-state index contributed by atoms with van der Waals surface area (Å²) in [5.41, 5.74) is 3.38. The third kappa shape index (κ3) is 3.34. The number of fused-ring (bicyclic) bond motifs is 1. The van der Waals surface area contributed by atoms with Crippen molar-refractivity contribution in [2.45, 2.75) is 25.9 Å². The maximum Gasteiger partial charge on any atom is 0.274 e. The lowest BCUT2D eigenvalue weighted by molar-refractivity contribution is 0.0187. The van der Waals surface area contributed by atoms with E-state index in [1.807, 2.05) is 25.2 Å². The minimum Gasteiger partial charge on any atom is -0.379 e. The zero-order valence-corrected chi connectivity index (χ0v) is 15.3. The molecule has 26 heavy (non-hydrogen) atoms. The molecule has 4 heterocycles. The first-order chi connectivity index (χ1) is 12.6. The van der Waals surface area contributed by atoms with E-state index in [-0.39, 0.29) is 11.9 Å². The zero-order valence-electron chi connectivity index (χ0n) is 15.3. The number of hydrogen-bond donors (Lipinski definition) is 0. The van der Waals surface area contributed by atoms with Crippen LogP contribution in [0, 0.1) is 6.92 Å². The number of hydrogen-bond acceptors (Lipinski definition) is 6. The van der Waals surface area contributed by atoms with Gasteiger partial charge in [0.05, 0.1) is 49.7 Å². The molecule has 0 aliphatic carbocycles. The number of aromatic nitrogens is 4. The number of ether oxygens (including phenoxy) is 1. The first kappa shape index (κ1) is 17.1. The largest absolute Gasteiger partial charge is 0.379 e. The van der Waals surface area contributed by atoms with Crippen molar-refractivity contribution >= 4 is 5.91 Å². The van der Waals surface area contributed by atoms with E-state index >= 15 is 0 Å². The van der Waals surface area contributed by atoms with Gasteiger partial charge in [0.1, 0.15) is 5.69 Å². The highest BCUT2D eigenvalue weighted by molar-refractivity contribution is 5.92. The summed E-state index contributed by atoms with van der Waals surface area (Å²) in [5.74, 6) is -0.0768. The maximum atomic E-state index is 13.1. The number of amides is 1. The molecule has 0 spiro atoms. The monoisotopic (exact) mass is 356 g/mol. The molecule has 1 atom stereocenters. The molecular weight excluding hydrogens is 332 g/mol. The average Bonchev–Trinajstić information content (AvgIpc) is 3.02. The first-order valence-electron chi connectivity index (χ1n) is 9.00. The van der Waals surface area contributed by atoms with Crippen molar-refractivity contribution in [2.75, 3.05) is 32.8 Å². The number of aryl methyl sites for hydroxylation is 2. The van der Waals surface area contributed by atoms with E-state index < -0.39 is 0 Å². The van der Waals surface area contributed by atoms with Crippen LogP contribution in [0.4, 0.5) is 0 Å². The van der Waals surface area contributed by atoms with Crippen LogP contribution in [-0.4, -0.2) is 74.1 Å². The Kier molecular flexibility index (Phi) is 4.69. The Labute approximate surface area is 152 Å². The minimum atomic E-state index is -0.0768. The summed E-state index contributed by atoms with van der Waals surface area (Å²) in [5, 5.41) is 0. The van der Waals surface area contributed by atoms with Gasteiger partial charge >= 0.3 is 0 Å². The van der Waals surface area contributed by atoms with E-state index in [0.717, 1.165) is 50.7 Å².